The van der Waals surface area contributed by atoms with E-state index in [-0.39, 0.29) is 0 Å². The Labute approximate surface area is 75.8 Å². The minimum Gasteiger partial charge on any atom is -0.463 e. The van der Waals surface area contributed by atoms with Gasteiger partial charge in [0, 0.05) is 5.39 Å². The first-order valence-electron chi connectivity index (χ1n) is 4.01. The van der Waals surface area contributed by atoms with E-state index in [4.69, 9.17) is 4.42 Å². The number of hydrogen-bond acceptors (Lipinski definition) is 2. The van der Waals surface area contributed by atoms with Gasteiger partial charge in [0.15, 0.2) is 0 Å². The van der Waals surface area contributed by atoms with Gasteiger partial charge in [0.25, 0.3) is 0 Å². The molecule has 1 nitrogen and oxygen atoms in total. The van der Waals surface area contributed by atoms with Crippen LogP contribution in [0.25, 0.3) is 11.0 Å². The quantitative estimate of drug-likeness (QED) is 0.652. The van der Waals surface area contributed by atoms with Crippen molar-refractivity contribution < 1.29 is 4.42 Å². The highest BCUT2D eigenvalue weighted by atomic mass is 32.2. The average Bonchev–Trinajstić information content (AvgIpc) is 2.53. The van der Waals surface area contributed by atoms with E-state index < -0.39 is 0 Å². The topological polar surface area (TPSA) is 13.1 Å². The molecule has 0 amide bonds. The van der Waals surface area contributed by atoms with E-state index in [1.165, 1.54) is 10.3 Å². The van der Waals surface area contributed by atoms with Gasteiger partial charge in [-0.25, -0.2) is 0 Å². The maximum absolute atomic E-state index is 5.38. The number of rotatable bonds is 2. The number of fused-ring (bicyclic) bond motifs is 1. The smallest absolute Gasteiger partial charge is 0.147 e. The second-order valence-corrected chi connectivity index (χ2v) is 3.83. The zero-order valence-corrected chi connectivity index (χ0v) is 7.73. The van der Waals surface area contributed by atoms with E-state index in [2.05, 4.69) is 25.1 Å². The van der Waals surface area contributed by atoms with Crippen LogP contribution in [0.15, 0.2) is 39.8 Å². The Morgan fingerprint density at radius 3 is 3.08 bits per heavy atom. The van der Waals surface area contributed by atoms with Crippen molar-refractivity contribution >= 4 is 22.7 Å². The highest BCUT2D eigenvalue weighted by Crippen LogP contribution is 2.27. The number of furan rings is 1. The molecule has 0 fully saturated rings. The zero-order valence-electron chi connectivity index (χ0n) is 6.91. The summed E-state index contributed by atoms with van der Waals surface area (Å²) in [5, 5.41) is 1.19. The lowest BCUT2D eigenvalue weighted by molar-refractivity contribution is 0.608. The molecule has 2 heteroatoms. The fourth-order valence-electron chi connectivity index (χ4n) is 1.23. The molecular weight excluding hydrogens is 168 g/mol. The van der Waals surface area contributed by atoms with Gasteiger partial charge in [0.1, 0.15) is 5.58 Å². The Kier molecular flexibility index (Phi) is 2.09. The van der Waals surface area contributed by atoms with Gasteiger partial charge in [-0.1, -0.05) is 19.1 Å². The Bertz CT molecular complexity index is 378. The zero-order chi connectivity index (χ0) is 8.39. The lowest BCUT2D eigenvalue weighted by atomic mass is 10.3. The van der Waals surface area contributed by atoms with Crippen LogP contribution in [0, 0.1) is 0 Å². The normalized spacial score (nSPS) is 10.8. The van der Waals surface area contributed by atoms with Crippen LogP contribution in [0.5, 0.6) is 0 Å². The van der Waals surface area contributed by atoms with Crippen molar-refractivity contribution in [3.63, 3.8) is 0 Å². The lowest BCUT2D eigenvalue weighted by Gasteiger charge is -1.97. The number of hydrogen-bond donors (Lipinski definition) is 0. The number of para-hydroxylation sites is 1. The van der Waals surface area contributed by atoms with Gasteiger partial charge in [-0.15, -0.1) is 11.8 Å². The van der Waals surface area contributed by atoms with Gasteiger partial charge < -0.3 is 4.42 Å². The summed E-state index contributed by atoms with van der Waals surface area (Å²) in [5.41, 5.74) is 1.02. The fourth-order valence-corrected chi connectivity index (χ4v) is 2.02. The lowest BCUT2D eigenvalue weighted by Crippen LogP contribution is -1.72. The molecule has 0 spiro atoms. The molecule has 0 aliphatic heterocycles. The molecule has 0 radical (unpaired) electrons. The largest absolute Gasteiger partial charge is 0.463 e. The van der Waals surface area contributed by atoms with E-state index in [1.54, 1.807) is 6.26 Å². The van der Waals surface area contributed by atoms with Gasteiger partial charge >= 0.3 is 0 Å². The second-order valence-electron chi connectivity index (χ2n) is 2.53. The van der Waals surface area contributed by atoms with E-state index in [1.807, 2.05) is 17.8 Å². The molecule has 0 atom stereocenters. The SMILES string of the molecule is CCSc1cccc2ccoc12. The van der Waals surface area contributed by atoms with Crippen molar-refractivity contribution in [1.29, 1.82) is 0 Å². The van der Waals surface area contributed by atoms with Crippen molar-refractivity contribution in [3.8, 4) is 0 Å². The van der Waals surface area contributed by atoms with Crippen LogP contribution in [-0.4, -0.2) is 5.75 Å². The predicted octanol–water partition coefficient (Wildman–Crippen LogP) is 3.54. The number of benzene rings is 1. The Hall–Kier alpha value is -0.890. The van der Waals surface area contributed by atoms with Crippen LogP contribution in [0.2, 0.25) is 0 Å². The van der Waals surface area contributed by atoms with Crippen LogP contribution >= 0.6 is 11.8 Å². The maximum Gasteiger partial charge on any atom is 0.147 e. The molecule has 0 saturated carbocycles. The molecule has 1 aromatic carbocycles. The fraction of sp³-hybridized carbons (Fsp3) is 0.200. The molecule has 1 heterocycles. The molecule has 2 aromatic rings. The first-order valence-corrected chi connectivity index (χ1v) is 4.99. The van der Waals surface area contributed by atoms with E-state index in [0.29, 0.717) is 0 Å². The summed E-state index contributed by atoms with van der Waals surface area (Å²) in [6.45, 7) is 2.15. The molecule has 2 rings (SSSR count). The van der Waals surface area contributed by atoms with E-state index >= 15 is 0 Å². The summed E-state index contributed by atoms with van der Waals surface area (Å²) >= 11 is 1.82. The highest BCUT2D eigenvalue weighted by Gasteiger charge is 2.01. The first kappa shape index (κ1) is 7.74. The minimum absolute atomic E-state index is 1.02. The van der Waals surface area contributed by atoms with Crippen molar-refractivity contribution in [2.45, 2.75) is 11.8 Å². The molecule has 0 saturated heterocycles. The molecule has 1 aromatic heterocycles. The van der Waals surface area contributed by atoms with Crippen LogP contribution in [0.3, 0.4) is 0 Å². The summed E-state index contributed by atoms with van der Waals surface area (Å²) in [6, 6.07) is 8.23. The summed E-state index contributed by atoms with van der Waals surface area (Å²) in [7, 11) is 0. The molecule has 0 bridgehead atoms. The summed E-state index contributed by atoms with van der Waals surface area (Å²) in [6.07, 6.45) is 1.74. The molecule has 0 aliphatic rings. The first-order chi connectivity index (χ1) is 5.92. The van der Waals surface area contributed by atoms with Crippen LogP contribution < -0.4 is 0 Å². The van der Waals surface area contributed by atoms with Gasteiger partial charge in [-0.2, -0.15) is 0 Å². The van der Waals surface area contributed by atoms with Crippen LogP contribution in [0.1, 0.15) is 6.92 Å². The molecular formula is C10H10OS. The predicted molar refractivity (Wildman–Crippen MR) is 52.6 cm³/mol. The molecule has 0 unspecified atom stereocenters. The summed E-state index contributed by atoms with van der Waals surface area (Å²) in [4.78, 5) is 1.24. The third kappa shape index (κ3) is 1.23. The Morgan fingerprint density at radius 1 is 1.33 bits per heavy atom. The van der Waals surface area contributed by atoms with Crippen molar-refractivity contribution in [2.75, 3.05) is 5.75 Å². The average molecular weight is 178 g/mol. The van der Waals surface area contributed by atoms with Crippen LogP contribution in [-0.2, 0) is 0 Å². The van der Waals surface area contributed by atoms with Gasteiger partial charge in [0.05, 0.1) is 11.2 Å². The third-order valence-corrected chi connectivity index (χ3v) is 2.66. The summed E-state index contributed by atoms with van der Waals surface area (Å²) in [5.74, 6) is 1.08. The molecule has 0 N–H and O–H groups in total. The Morgan fingerprint density at radius 2 is 2.25 bits per heavy atom. The van der Waals surface area contributed by atoms with Crippen molar-refractivity contribution in [2.24, 2.45) is 0 Å². The van der Waals surface area contributed by atoms with Crippen molar-refractivity contribution in [3.05, 3.63) is 30.5 Å². The van der Waals surface area contributed by atoms with Crippen LogP contribution in [0.4, 0.5) is 0 Å². The van der Waals surface area contributed by atoms with Gasteiger partial charge in [0.2, 0.25) is 0 Å². The standard InChI is InChI=1S/C10H10OS/c1-2-12-9-5-3-4-8-6-7-11-10(8)9/h3-7H,2H2,1H3. The number of thioether (sulfide) groups is 1. The van der Waals surface area contributed by atoms with Gasteiger partial charge in [-0.05, 0) is 17.9 Å². The third-order valence-electron chi connectivity index (χ3n) is 1.74. The molecule has 12 heavy (non-hydrogen) atoms. The maximum atomic E-state index is 5.38. The highest BCUT2D eigenvalue weighted by molar-refractivity contribution is 7.99. The molecule has 62 valence electrons. The Balaban J connectivity index is 2.57. The minimum atomic E-state index is 1.02. The van der Waals surface area contributed by atoms with E-state index in [9.17, 15) is 0 Å². The second kappa shape index (κ2) is 3.23. The van der Waals surface area contributed by atoms with Gasteiger partial charge in [-0.3, -0.25) is 0 Å². The molecule has 0 aliphatic carbocycles. The summed E-state index contributed by atoms with van der Waals surface area (Å²) < 4.78 is 5.38. The van der Waals surface area contributed by atoms with Crippen molar-refractivity contribution in [1.82, 2.24) is 0 Å². The monoisotopic (exact) mass is 178 g/mol. The van der Waals surface area contributed by atoms with E-state index in [0.717, 1.165) is 11.3 Å².